The van der Waals surface area contributed by atoms with Crippen LogP contribution < -0.4 is 16.6 Å². The van der Waals surface area contributed by atoms with Gasteiger partial charge in [0.25, 0.3) is 11.2 Å². The van der Waals surface area contributed by atoms with Gasteiger partial charge in [0.15, 0.2) is 0 Å². The summed E-state index contributed by atoms with van der Waals surface area (Å²) in [5.74, 6) is 0. The molecule has 3 N–H and O–H groups in total. The fourth-order valence-electron chi connectivity index (χ4n) is 1.47. The highest BCUT2D eigenvalue weighted by molar-refractivity contribution is 5.48. The molecule has 0 amide bonds. The molecule has 98 valence electrons. The third-order valence-electron chi connectivity index (χ3n) is 2.46. The van der Waals surface area contributed by atoms with Gasteiger partial charge in [0.1, 0.15) is 0 Å². The maximum atomic E-state index is 11.4. The summed E-state index contributed by atoms with van der Waals surface area (Å²) in [4.78, 5) is 36.7. The molecular weight excluding hydrogens is 252 g/mol. The van der Waals surface area contributed by atoms with Gasteiger partial charge >= 0.3 is 5.69 Å². The molecule has 0 aliphatic rings. The first-order chi connectivity index (χ1) is 9.06. The van der Waals surface area contributed by atoms with Gasteiger partial charge in [0.05, 0.1) is 10.5 Å². The molecule has 1 heterocycles. The van der Waals surface area contributed by atoms with Crippen molar-refractivity contribution in [2.45, 2.75) is 6.54 Å². The fourth-order valence-corrected chi connectivity index (χ4v) is 1.47. The summed E-state index contributed by atoms with van der Waals surface area (Å²) < 4.78 is 0. The minimum absolute atomic E-state index is 0.00700. The van der Waals surface area contributed by atoms with Crippen molar-refractivity contribution < 1.29 is 4.92 Å². The third kappa shape index (κ3) is 3.06. The van der Waals surface area contributed by atoms with Crippen molar-refractivity contribution in [3.05, 3.63) is 67.0 Å². The second-order valence-corrected chi connectivity index (χ2v) is 3.75. The van der Waals surface area contributed by atoms with E-state index in [0.29, 0.717) is 11.3 Å². The predicted octanol–water partition coefficient (Wildman–Crippen LogP) is 0.583. The Balaban J connectivity index is 2.08. The van der Waals surface area contributed by atoms with E-state index in [0.717, 1.165) is 0 Å². The zero-order valence-electron chi connectivity index (χ0n) is 9.67. The highest BCUT2D eigenvalue weighted by Gasteiger charge is 2.04. The highest BCUT2D eigenvalue weighted by Crippen LogP contribution is 2.15. The topological polar surface area (TPSA) is 121 Å². The molecule has 0 saturated carbocycles. The van der Waals surface area contributed by atoms with Crippen LogP contribution >= 0.6 is 0 Å². The van der Waals surface area contributed by atoms with Gasteiger partial charge in [-0.05, 0) is 12.1 Å². The average Bonchev–Trinajstić information content (AvgIpc) is 2.38. The largest absolute Gasteiger partial charge is 0.381 e. The number of benzene rings is 1. The third-order valence-corrected chi connectivity index (χ3v) is 2.46. The van der Waals surface area contributed by atoms with E-state index in [1.807, 2.05) is 0 Å². The number of anilines is 1. The van der Waals surface area contributed by atoms with Crippen molar-refractivity contribution >= 4 is 11.4 Å². The Labute approximate surface area is 106 Å². The van der Waals surface area contributed by atoms with E-state index in [2.05, 4.69) is 15.3 Å². The molecule has 0 bridgehead atoms. The molecular formula is C11H10N4O4. The van der Waals surface area contributed by atoms with Gasteiger partial charge < -0.3 is 10.3 Å². The molecule has 0 radical (unpaired) electrons. The molecule has 8 heteroatoms. The van der Waals surface area contributed by atoms with E-state index in [-0.39, 0.29) is 12.2 Å². The zero-order valence-corrected chi connectivity index (χ0v) is 9.67. The lowest BCUT2D eigenvalue weighted by Crippen LogP contribution is -2.25. The number of hydrogen-bond donors (Lipinski definition) is 3. The van der Waals surface area contributed by atoms with Crippen molar-refractivity contribution in [2.75, 3.05) is 5.32 Å². The van der Waals surface area contributed by atoms with Gasteiger partial charge in [-0.2, -0.15) is 0 Å². The molecule has 2 aromatic rings. The normalized spacial score (nSPS) is 10.1. The molecule has 0 aliphatic heterocycles. The molecule has 8 nitrogen and oxygen atoms in total. The van der Waals surface area contributed by atoms with Crippen molar-refractivity contribution in [3.8, 4) is 0 Å². The van der Waals surface area contributed by atoms with E-state index in [1.165, 1.54) is 30.5 Å². The van der Waals surface area contributed by atoms with Crippen LogP contribution in [0, 0.1) is 10.1 Å². The average molecular weight is 262 g/mol. The number of aromatic amines is 2. The van der Waals surface area contributed by atoms with Crippen molar-refractivity contribution in [1.82, 2.24) is 9.97 Å². The molecule has 0 saturated heterocycles. The summed E-state index contributed by atoms with van der Waals surface area (Å²) in [6.45, 7) is 0.198. The van der Waals surface area contributed by atoms with Gasteiger partial charge in [-0.3, -0.25) is 19.9 Å². The lowest BCUT2D eigenvalue weighted by atomic mass is 10.2. The molecule has 0 aliphatic carbocycles. The van der Waals surface area contributed by atoms with Crippen LogP contribution in [0.4, 0.5) is 11.4 Å². The summed E-state index contributed by atoms with van der Waals surface area (Å²) in [6.07, 6.45) is 1.32. The van der Waals surface area contributed by atoms with Crippen LogP contribution in [-0.4, -0.2) is 14.9 Å². The second kappa shape index (κ2) is 5.17. The smallest absolute Gasteiger partial charge is 0.325 e. The molecule has 1 aromatic heterocycles. The number of nitro benzene ring substituents is 1. The maximum absolute atomic E-state index is 11.4. The number of rotatable bonds is 4. The monoisotopic (exact) mass is 262 g/mol. The Hall–Kier alpha value is -2.90. The standard InChI is InChI=1S/C11H10N4O4/c16-10-7(6-13-11(17)14-10)5-12-8-1-3-9(4-2-8)15(18)19/h1-4,6,12H,5H2,(H2,13,14,16,17). The first-order valence-electron chi connectivity index (χ1n) is 5.35. The summed E-state index contributed by atoms with van der Waals surface area (Å²) in [5, 5.41) is 13.4. The van der Waals surface area contributed by atoms with Crippen LogP contribution in [0.15, 0.2) is 40.1 Å². The highest BCUT2D eigenvalue weighted by atomic mass is 16.6. The van der Waals surface area contributed by atoms with E-state index in [4.69, 9.17) is 0 Å². The molecule has 0 unspecified atom stereocenters. The Morgan fingerprint density at radius 2 is 1.89 bits per heavy atom. The summed E-state index contributed by atoms with van der Waals surface area (Å²) in [6, 6.07) is 5.80. The zero-order chi connectivity index (χ0) is 13.8. The minimum Gasteiger partial charge on any atom is -0.381 e. The number of non-ortho nitro benzene ring substituents is 1. The molecule has 2 rings (SSSR count). The first-order valence-corrected chi connectivity index (χ1v) is 5.35. The molecule has 0 spiro atoms. The van der Waals surface area contributed by atoms with Crippen LogP contribution in [0.25, 0.3) is 0 Å². The predicted molar refractivity (Wildman–Crippen MR) is 68.1 cm³/mol. The van der Waals surface area contributed by atoms with E-state index < -0.39 is 16.2 Å². The maximum Gasteiger partial charge on any atom is 0.325 e. The SMILES string of the molecule is O=c1[nH]cc(CNc2ccc([N+](=O)[O-])cc2)c(=O)[nH]1. The van der Waals surface area contributed by atoms with Gasteiger partial charge in [0.2, 0.25) is 0 Å². The number of nitrogens with zero attached hydrogens (tertiary/aromatic N) is 1. The summed E-state index contributed by atoms with van der Waals surface area (Å²) >= 11 is 0. The van der Waals surface area contributed by atoms with Gasteiger partial charge in [-0.15, -0.1) is 0 Å². The molecule has 1 aromatic carbocycles. The van der Waals surface area contributed by atoms with Crippen molar-refractivity contribution in [1.29, 1.82) is 0 Å². The summed E-state index contributed by atoms with van der Waals surface area (Å²) in [5.41, 5.74) is -0.0520. The van der Waals surface area contributed by atoms with Crippen molar-refractivity contribution in [3.63, 3.8) is 0 Å². The second-order valence-electron chi connectivity index (χ2n) is 3.75. The van der Waals surface area contributed by atoms with Crippen molar-refractivity contribution in [2.24, 2.45) is 0 Å². The molecule has 0 fully saturated rings. The quantitative estimate of drug-likeness (QED) is 0.549. The number of hydrogen-bond acceptors (Lipinski definition) is 5. The van der Waals surface area contributed by atoms with Crippen LogP contribution in [0.1, 0.15) is 5.56 Å². The van der Waals surface area contributed by atoms with Gasteiger partial charge in [-0.25, -0.2) is 4.79 Å². The molecule has 19 heavy (non-hydrogen) atoms. The Morgan fingerprint density at radius 1 is 1.21 bits per heavy atom. The van der Waals surface area contributed by atoms with Crippen LogP contribution in [0.3, 0.4) is 0 Å². The Morgan fingerprint density at radius 3 is 2.47 bits per heavy atom. The van der Waals surface area contributed by atoms with E-state index in [1.54, 1.807) is 0 Å². The Bertz CT molecular complexity index is 702. The number of nitro groups is 1. The van der Waals surface area contributed by atoms with Crippen LogP contribution in [0.2, 0.25) is 0 Å². The van der Waals surface area contributed by atoms with Gasteiger partial charge in [-0.1, -0.05) is 0 Å². The van der Waals surface area contributed by atoms with E-state index in [9.17, 15) is 19.7 Å². The molecule has 0 atom stereocenters. The lowest BCUT2D eigenvalue weighted by Gasteiger charge is -2.04. The Kier molecular flexibility index (Phi) is 3.42. The number of nitrogens with one attached hydrogen (secondary N) is 3. The first kappa shape index (κ1) is 12.6. The number of aromatic nitrogens is 2. The number of H-pyrrole nitrogens is 2. The van der Waals surface area contributed by atoms with Crippen LogP contribution in [-0.2, 0) is 6.54 Å². The summed E-state index contributed by atoms with van der Waals surface area (Å²) in [7, 11) is 0. The lowest BCUT2D eigenvalue weighted by molar-refractivity contribution is -0.384. The fraction of sp³-hybridized carbons (Fsp3) is 0.0909. The van der Waals surface area contributed by atoms with E-state index >= 15 is 0 Å². The van der Waals surface area contributed by atoms with Gasteiger partial charge in [0, 0.05) is 30.6 Å². The van der Waals surface area contributed by atoms with Crippen LogP contribution in [0.5, 0.6) is 0 Å². The minimum atomic E-state index is -0.566.